The van der Waals surface area contributed by atoms with Crippen molar-refractivity contribution in [3.8, 4) is 5.69 Å². The van der Waals surface area contributed by atoms with E-state index in [1.807, 2.05) is 30.3 Å². The summed E-state index contributed by atoms with van der Waals surface area (Å²) in [7, 11) is 0. The van der Waals surface area contributed by atoms with Crippen molar-refractivity contribution in [2.24, 2.45) is 0 Å². The zero-order valence-electron chi connectivity index (χ0n) is 13.8. The molecule has 1 N–H and O–H groups in total. The van der Waals surface area contributed by atoms with Crippen molar-refractivity contribution in [3.05, 3.63) is 77.4 Å². The van der Waals surface area contributed by atoms with Gasteiger partial charge in [0.05, 0.1) is 28.8 Å². The predicted octanol–water partition coefficient (Wildman–Crippen LogP) is 3.77. The second kappa shape index (κ2) is 6.68. The van der Waals surface area contributed by atoms with Crippen molar-refractivity contribution < 1.29 is 14.0 Å². The Kier molecular flexibility index (Phi) is 4.43. The van der Waals surface area contributed by atoms with E-state index >= 15 is 0 Å². The third-order valence-corrected chi connectivity index (χ3v) is 3.79. The first kappa shape index (κ1) is 16.6. The average molecular weight is 337 g/mol. The Morgan fingerprint density at radius 1 is 1.12 bits per heavy atom. The van der Waals surface area contributed by atoms with Gasteiger partial charge in [0.25, 0.3) is 5.91 Å². The number of para-hydroxylation sites is 1. The number of nitrogens with one attached hydrogen (secondary N) is 1. The van der Waals surface area contributed by atoms with Gasteiger partial charge in [-0.2, -0.15) is 5.10 Å². The van der Waals surface area contributed by atoms with E-state index < -0.39 is 11.7 Å². The fourth-order valence-corrected chi connectivity index (χ4v) is 2.40. The van der Waals surface area contributed by atoms with Crippen LogP contribution < -0.4 is 5.32 Å². The minimum atomic E-state index is -0.738. The maximum absolute atomic E-state index is 14.1. The number of anilines is 1. The summed E-state index contributed by atoms with van der Waals surface area (Å²) in [5.74, 6) is -1.59. The fraction of sp³-hybridized carbons (Fsp3) is 0.105. The lowest BCUT2D eigenvalue weighted by Gasteiger charge is -2.06. The second-order valence-corrected chi connectivity index (χ2v) is 5.61. The van der Waals surface area contributed by atoms with Crippen LogP contribution >= 0.6 is 0 Å². The number of benzene rings is 2. The second-order valence-electron chi connectivity index (χ2n) is 5.61. The van der Waals surface area contributed by atoms with Crippen LogP contribution in [0.3, 0.4) is 0 Å². The molecule has 0 bridgehead atoms. The summed E-state index contributed by atoms with van der Waals surface area (Å²) < 4.78 is 15.7. The van der Waals surface area contributed by atoms with Gasteiger partial charge in [0.15, 0.2) is 5.78 Å². The van der Waals surface area contributed by atoms with Crippen molar-refractivity contribution in [2.75, 3.05) is 5.32 Å². The van der Waals surface area contributed by atoms with Gasteiger partial charge >= 0.3 is 0 Å². The molecular formula is C19H16FN3O2. The summed E-state index contributed by atoms with van der Waals surface area (Å²) in [5, 5.41) is 7.01. The SMILES string of the molecule is CC(=O)c1ccc(C(=O)Nc2cn(-c3ccccc3)nc2C)c(F)c1. The highest BCUT2D eigenvalue weighted by Gasteiger charge is 2.16. The van der Waals surface area contributed by atoms with Gasteiger partial charge in [-0.3, -0.25) is 9.59 Å². The molecule has 0 aliphatic rings. The van der Waals surface area contributed by atoms with Gasteiger partial charge in [-0.25, -0.2) is 9.07 Å². The Morgan fingerprint density at radius 3 is 2.48 bits per heavy atom. The zero-order valence-corrected chi connectivity index (χ0v) is 13.8. The van der Waals surface area contributed by atoms with E-state index in [9.17, 15) is 14.0 Å². The van der Waals surface area contributed by atoms with E-state index in [1.165, 1.54) is 19.1 Å². The first-order valence-corrected chi connectivity index (χ1v) is 7.69. The largest absolute Gasteiger partial charge is 0.319 e. The third kappa shape index (κ3) is 3.47. The third-order valence-electron chi connectivity index (χ3n) is 3.79. The van der Waals surface area contributed by atoms with Gasteiger partial charge in [-0.05, 0) is 38.1 Å². The maximum Gasteiger partial charge on any atom is 0.258 e. The molecule has 5 nitrogen and oxygen atoms in total. The number of hydrogen-bond acceptors (Lipinski definition) is 3. The number of carbonyl (C=O) groups is 2. The van der Waals surface area contributed by atoms with E-state index in [2.05, 4.69) is 10.4 Å². The summed E-state index contributed by atoms with van der Waals surface area (Å²) >= 11 is 0. The van der Waals surface area contributed by atoms with Crippen LogP contribution in [-0.4, -0.2) is 21.5 Å². The molecule has 25 heavy (non-hydrogen) atoms. The van der Waals surface area contributed by atoms with Crippen molar-refractivity contribution in [1.82, 2.24) is 9.78 Å². The molecule has 126 valence electrons. The Labute approximate surface area is 144 Å². The summed E-state index contributed by atoms with van der Waals surface area (Å²) in [6.45, 7) is 3.10. The molecule has 6 heteroatoms. The van der Waals surface area contributed by atoms with Crippen LogP contribution in [0.15, 0.2) is 54.7 Å². The van der Waals surface area contributed by atoms with Gasteiger partial charge in [-0.1, -0.05) is 24.3 Å². The number of ketones is 1. The van der Waals surface area contributed by atoms with Crippen molar-refractivity contribution in [3.63, 3.8) is 0 Å². The molecule has 2 aromatic carbocycles. The monoisotopic (exact) mass is 337 g/mol. The molecule has 0 aliphatic heterocycles. The quantitative estimate of drug-likeness (QED) is 0.737. The van der Waals surface area contributed by atoms with Crippen LogP contribution in [0.1, 0.15) is 33.3 Å². The molecule has 1 aromatic heterocycles. The molecule has 0 aliphatic carbocycles. The molecule has 0 unspecified atom stereocenters. The Hall–Kier alpha value is -3.28. The molecule has 0 spiro atoms. The molecule has 0 saturated carbocycles. The number of carbonyl (C=O) groups excluding carboxylic acids is 2. The lowest BCUT2D eigenvalue weighted by Crippen LogP contribution is -2.14. The molecule has 1 heterocycles. The number of nitrogens with zero attached hydrogens (tertiary/aromatic N) is 2. The van der Waals surface area contributed by atoms with Crippen LogP contribution in [0.2, 0.25) is 0 Å². The topological polar surface area (TPSA) is 64.0 Å². The predicted molar refractivity (Wildman–Crippen MR) is 92.7 cm³/mol. The molecule has 0 atom stereocenters. The van der Waals surface area contributed by atoms with Crippen molar-refractivity contribution in [1.29, 1.82) is 0 Å². The summed E-state index contributed by atoms with van der Waals surface area (Å²) in [6.07, 6.45) is 1.67. The van der Waals surface area contributed by atoms with Crippen molar-refractivity contribution in [2.45, 2.75) is 13.8 Å². The highest BCUT2D eigenvalue weighted by Crippen LogP contribution is 2.19. The lowest BCUT2D eigenvalue weighted by molar-refractivity contribution is 0.100. The number of rotatable bonds is 4. The number of amides is 1. The van der Waals surface area contributed by atoms with Crippen LogP contribution in [0.25, 0.3) is 5.69 Å². The normalized spacial score (nSPS) is 10.5. The van der Waals surface area contributed by atoms with Gasteiger partial charge in [0.1, 0.15) is 5.82 Å². The molecular weight excluding hydrogens is 321 g/mol. The van der Waals surface area contributed by atoms with Crippen LogP contribution in [0.5, 0.6) is 0 Å². The highest BCUT2D eigenvalue weighted by molar-refractivity contribution is 6.05. The Bertz CT molecular complexity index is 949. The zero-order chi connectivity index (χ0) is 18.0. The number of aromatic nitrogens is 2. The van der Waals surface area contributed by atoms with Gasteiger partial charge in [0.2, 0.25) is 0 Å². The van der Waals surface area contributed by atoms with Crippen LogP contribution in [0, 0.1) is 12.7 Å². The van der Waals surface area contributed by atoms with E-state index in [4.69, 9.17) is 0 Å². The minimum absolute atomic E-state index is 0.128. The lowest BCUT2D eigenvalue weighted by atomic mass is 10.1. The fourth-order valence-electron chi connectivity index (χ4n) is 2.40. The smallest absolute Gasteiger partial charge is 0.258 e. The summed E-state index contributed by atoms with van der Waals surface area (Å²) in [4.78, 5) is 23.6. The number of halogens is 1. The van der Waals surface area contributed by atoms with E-state index in [0.717, 1.165) is 11.8 Å². The maximum atomic E-state index is 14.1. The average Bonchev–Trinajstić information content (AvgIpc) is 2.96. The Balaban J connectivity index is 1.84. The minimum Gasteiger partial charge on any atom is -0.319 e. The van der Waals surface area contributed by atoms with Gasteiger partial charge in [-0.15, -0.1) is 0 Å². The van der Waals surface area contributed by atoms with Crippen LogP contribution in [0.4, 0.5) is 10.1 Å². The molecule has 3 rings (SSSR count). The number of hydrogen-bond donors (Lipinski definition) is 1. The molecule has 0 fully saturated rings. The first-order chi connectivity index (χ1) is 12.0. The highest BCUT2D eigenvalue weighted by atomic mass is 19.1. The number of aryl methyl sites for hydroxylation is 1. The molecule has 0 saturated heterocycles. The summed E-state index contributed by atoms with van der Waals surface area (Å²) in [6, 6.07) is 13.2. The van der Waals surface area contributed by atoms with Crippen molar-refractivity contribution >= 4 is 17.4 Å². The molecule has 0 radical (unpaired) electrons. The molecule has 1 amide bonds. The van der Waals surface area contributed by atoms with Crippen LogP contribution in [-0.2, 0) is 0 Å². The summed E-state index contributed by atoms with van der Waals surface area (Å²) in [5.41, 5.74) is 2.05. The molecule has 3 aromatic rings. The Morgan fingerprint density at radius 2 is 1.84 bits per heavy atom. The van der Waals surface area contributed by atoms with E-state index in [-0.39, 0.29) is 16.9 Å². The standard InChI is InChI=1S/C19H16FN3O2/c1-12-18(11-23(22-12)15-6-4-3-5-7-15)21-19(25)16-9-8-14(13(2)24)10-17(16)20/h3-11H,1-2H3,(H,21,25). The van der Waals surface area contributed by atoms with E-state index in [1.54, 1.807) is 17.8 Å². The first-order valence-electron chi connectivity index (χ1n) is 7.69. The van der Waals surface area contributed by atoms with E-state index in [0.29, 0.717) is 11.4 Å². The van der Waals surface area contributed by atoms with Gasteiger partial charge in [0, 0.05) is 5.56 Å². The van der Waals surface area contributed by atoms with Gasteiger partial charge < -0.3 is 5.32 Å². The number of Topliss-reactive ketones (excluding diaryl/α,β-unsaturated/α-hetero) is 1.